The number of rotatable bonds is 3. The quantitative estimate of drug-likeness (QED) is 0.503. The van der Waals surface area contributed by atoms with Crippen LogP contribution in [0, 0.1) is 0 Å². The fourth-order valence-corrected chi connectivity index (χ4v) is 1.93. The fraction of sp³-hybridized carbons (Fsp3) is 0.0667. The zero-order valence-electron chi connectivity index (χ0n) is 10.9. The highest BCUT2D eigenvalue weighted by atomic mass is 15.2. The first kappa shape index (κ1) is 12.2. The van der Waals surface area contributed by atoms with Gasteiger partial charge in [-0.05, 0) is 17.7 Å². The maximum Gasteiger partial charge on any atom is 0.208 e. The van der Waals surface area contributed by atoms with Crippen LogP contribution in [-0.4, -0.2) is 15.9 Å². The highest BCUT2D eigenvalue weighted by molar-refractivity contribution is 5.92. The number of nitrogens with one attached hydrogen (secondary N) is 2. The van der Waals surface area contributed by atoms with E-state index in [4.69, 9.17) is 5.73 Å². The molecule has 0 amide bonds. The number of aromatic nitrogens is 2. The molecule has 4 N–H and O–H groups in total. The smallest absolute Gasteiger partial charge is 0.208 e. The lowest BCUT2D eigenvalue weighted by Crippen LogP contribution is -2.23. The molecule has 0 atom stereocenters. The van der Waals surface area contributed by atoms with E-state index in [2.05, 4.69) is 20.3 Å². The third kappa shape index (κ3) is 2.77. The molecular weight excluding hydrogens is 250 g/mol. The first-order valence-electron chi connectivity index (χ1n) is 6.37. The van der Waals surface area contributed by atoms with Gasteiger partial charge in [-0.1, -0.05) is 42.5 Å². The fourth-order valence-electron chi connectivity index (χ4n) is 1.93. The lowest BCUT2D eigenvalue weighted by atomic mass is 10.2. The summed E-state index contributed by atoms with van der Waals surface area (Å²) < 4.78 is 0. The SMILES string of the molecule is NC(=NCc1ccccc1)Nc1nc2ccccc2[nH]1. The summed E-state index contributed by atoms with van der Waals surface area (Å²) in [4.78, 5) is 11.8. The van der Waals surface area contributed by atoms with E-state index in [9.17, 15) is 0 Å². The second-order valence-corrected chi connectivity index (χ2v) is 4.41. The third-order valence-corrected chi connectivity index (χ3v) is 2.91. The van der Waals surface area contributed by atoms with Crippen LogP contribution in [0.15, 0.2) is 59.6 Å². The van der Waals surface area contributed by atoms with Gasteiger partial charge in [-0.15, -0.1) is 0 Å². The predicted octanol–water partition coefficient (Wildman–Crippen LogP) is 2.49. The molecule has 0 saturated carbocycles. The van der Waals surface area contributed by atoms with Crippen LogP contribution in [0.2, 0.25) is 0 Å². The number of benzene rings is 2. The monoisotopic (exact) mass is 265 g/mol. The summed E-state index contributed by atoms with van der Waals surface area (Å²) in [5, 5.41) is 2.96. The normalized spacial score (nSPS) is 11.7. The van der Waals surface area contributed by atoms with Crippen LogP contribution < -0.4 is 11.1 Å². The van der Waals surface area contributed by atoms with Gasteiger partial charge in [0.2, 0.25) is 5.95 Å². The lowest BCUT2D eigenvalue weighted by Gasteiger charge is -2.01. The molecule has 1 aromatic heterocycles. The van der Waals surface area contributed by atoms with Crippen molar-refractivity contribution < 1.29 is 0 Å². The number of imidazole rings is 1. The summed E-state index contributed by atoms with van der Waals surface area (Å²) in [5.74, 6) is 0.938. The highest BCUT2D eigenvalue weighted by Crippen LogP contribution is 2.12. The Labute approximate surface area is 116 Å². The topological polar surface area (TPSA) is 79.1 Å². The molecular formula is C15H15N5. The van der Waals surface area contributed by atoms with Crippen molar-refractivity contribution in [3.8, 4) is 0 Å². The van der Waals surface area contributed by atoms with Crippen molar-refractivity contribution in [2.45, 2.75) is 6.54 Å². The third-order valence-electron chi connectivity index (χ3n) is 2.91. The average molecular weight is 265 g/mol. The minimum atomic E-state index is 0.341. The van der Waals surface area contributed by atoms with Crippen LogP contribution in [0.25, 0.3) is 11.0 Å². The van der Waals surface area contributed by atoms with E-state index in [1.54, 1.807) is 0 Å². The Hall–Kier alpha value is -2.82. The number of para-hydroxylation sites is 2. The summed E-state index contributed by atoms with van der Waals surface area (Å²) in [6.45, 7) is 0.542. The zero-order chi connectivity index (χ0) is 13.8. The van der Waals surface area contributed by atoms with E-state index in [1.807, 2.05) is 54.6 Å². The Morgan fingerprint density at radius 3 is 2.65 bits per heavy atom. The molecule has 0 fully saturated rings. The Balaban J connectivity index is 1.70. The number of aliphatic imine (C=N–C) groups is 1. The molecule has 0 spiro atoms. The maximum absolute atomic E-state index is 5.85. The molecule has 100 valence electrons. The molecule has 0 aliphatic heterocycles. The molecule has 0 aliphatic rings. The van der Waals surface area contributed by atoms with Crippen molar-refractivity contribution >= 4 is 22.9 Å². The lowest BCUT2D eigenvalue weighted by molar-refractivity contribution is 1.06. The van der Waals surface area contributed by atoms with Gasteiger partial charge in [-0.25, -0.2) is 9.98 Å². The summed E-state index contributed by atoms with van der Waals surface area (Å²) in [5.41, 5.74) is 8.83. The van der Waals surface area contributed by atoms with Gasteiger partial charge in [0.05, 0.1) is 17.6 Å². The first-order chi connectivity index (χ1) is 9.81. The van der Waals surface area contributed by atoms with Gasteiger partial charge >= 0.3 is 0 Å². The summed E-state index contributed by atoms with van der Waals surface area (Å²) >= 11 is 0. The Bertz CT molecular complexity index is 697. The van der Waals surface area contributed by atoms with Crippen molar-refractivity contribution in [2.75, 3.05) is 5.32 Å². The first-order valence-corrected chi connectivity index (χ1v) is 6.37. The number of nitrogens with zero attached hydrogens (tertiary/aromatic N) is 2. The van der Waals surface area contributed by atoms with Gasteiger partial charge in [-0.3, -0.25) is 5.32 Å². The molecule has 0 saturated heterocycles. The second kappa shape index (κ2) is 5.44. The van der Waals surface area contributed by atoms with Crippen LogP contribution in [0.3, 0.4) is 0 Å². The van der Waals surface area contributed by atoms with Gasteiger partial charge in [0.15, 0.2) is 5.96 Å². The van der Waals surface area contributed by atoms with Gasteiger partial charge in [0.25, 0.3) is 0 Å². The molecule has 0 unspecified atom stereocenters. The maximum atomic E-state index is 5.85. The predicted molar refractivity (Wildman–Crippen MR) is 81.5 cm³/mol. The Morgan fingerprint density at radius 1 is 1.10 bits per heavy atom. The number of nitrogens with two attached hydrogens (primary N) is 1. The molecule has 5 heteroatoms. The molecule has 3 rings (SSSR count). The van der Waals surface area contributed by atoms with Crippen LogP contribution >= 0.6 is 0 Å². The Morgan fingerprint density at radius 2 is 1.85 bits per heavy atom. The zero-order valence-corrected chi connectivity index (χ0v) is 10.9. The number of anilines is 1. The highest BCUT2D eigenvalue weighted by Gasteiger charge is 2.02. The van der Waals surface area contributed by atoms with E-state index in [-0.39, 0.29) is 0 Å². The van der Waals surface area contributed by atoms with Crippen molar-refractivity contribution in [1.29, 1.82) is 0 Å². The van der Waals surface area contributed by atoms with E-state index in [0.717, 1.165) is 16.6 Å². The largest absolute Gasteiger partial charge is 0.370 e. The second-order valence-electron chi connectivity index (χ2n) is 4.41. The van der Waals surface area contributed by atoms with Crippen molar-refractivity contribution in [3.63, 3.8) is 0 Å². The number of guanidine groups is 1. The van der Waals surface area contributed by atoms with Gasteiger partial charge in [-0.2, -0.15) is 0 Å². The number of hydrogen-bond acceptors (Lipinski definition) is 2. The minimum Gasteiger partial charge on any atom is -0.370 e. The van der Waals surface area contributed by atoms with Crippen molar-refractivity contribution in [3.05, 3.63) is 60.2 Å². The van der Waals surface area contributed by atoms with Crippen LogP contribution in [0.5, 0.6) is 0 Å². The van der Waals surface area contributed by atoms with Gasteiger partial charge in [0, 0.05) is 0 Å². The van der Waals surface area contributed by atoms with Crippen molar-refractivity contribution in [1.82, 2.24) is 9.97 Å². The molecule has 5 nitrogen and oxygen atoms in total. The van der Waals surface area contributed by atoms with E-state index < -0.39 is 0 Å². The van der Waals surface area contributed by atoms with E-state index in [0.29, 0.717) is 18.5 Å². The number of fused-ring (bicyclic) bond motifs is 1. The van der Waals surface area contributed by atoms with Crippen LogP contribution in [0.1, 0.15) is 5.56 Å². The molecule has 2 aromatic carbocycles. The number of aromatic amines is 1. The molecule has 20 heavy (non-hydrogen) atoms. The molecule has 1 heterocycles. The van der Waals surface area contributed by atoms with Gasteiger partial charge < -0.3 is 10.7 Å². The minimum absolute atomic E-state index is 0.341. The molecule has 0 aliphatic carbocycles. The summed E-state index contributed by atoms with van der Waals surface area (Å²) in [7, 11) is 0. The Kier molecular flexibility index (Phi) is 3.33. The summed E-state index contributed by atoms with van der Waals surface area (Å²) in [6, 6.07) is 17.8. The van der Waals surface area contributed by atoms with Crippen LogP contribution in [-0.2, 0) is 6.54 Å². The molecule has 0 radical (unpaired) electrons. The average Bonchev–Trinajstić information content (AvgIpc) is 2.88. The summed E-state index contributed by atoms with van der Waals surface area (Å²) in [6.07, 6.45) is 0. The van der Waals surface area contributed by atoms with Crippen LogP contribution in [0.4, 0.5) is 5.95 Å². The van der Waals surface area contributed by atoms with Gasteiger partial charge in [0.1, 0.15) is 0 Å². The molecule has 0 bridgehead atoms. The number of H-pyrrole nitrogens is 1. The number of hydrogen-bond donors (Lipinski definition) is 3. The van der Waals surface area contributed by atoms with E-state index in [1.165, 1.54) is 0 Å². The molecule has 3 aromatic rings. The van der Waals surface area contributed by atoms with E-state index >= 15 is 0 Å². The van der Waals surface area contributed by atoms with Crippen molar-refractivity contribution in [2.24, 2.45) is 10.7 Å². The standard InChI is InChI=1S/C15H15N5/c16-14(17-10-11-6-2-1-3-7-11)20-15-18-12-8-4-5-9-13(12)19-15/h1-9H,10H2,(H4,16,17,18,19,20).